The number of benzene rings is 8. The van der Waals surface area contributed by atoms with Crippen molar-refractivity contribution in [1.29, 1.82) is 0 Å². The molecule has 0 radical (unpaired) electrons. The van der Waals surface area contributed by atoms with Crippen LogP contribution in [0.4, 0.5) is 0 Å². The fraction of sp³-hybridized carbons (Fsp3) is 0. The van der Waals surface area contributed by atoms with Crippen LogP contribution in [0.2, 0.25) is 0 Å². The number of rotatable bonds is 4. The highest BCUT2D eigenvalue weighted by Crippen LogP contribution is 2.43. The Hall–Kier alpha value is -7.30. The first-order valence-electron chi connectivity index (χ1n) is 18.5. The van der Waals surface area contributed by atoms with E-state index in [-0.39, 0.29) is 0 Å². The smallest absolute Gasteiger partial charge is 0.0803 e. The number of nitrogens with zero attached hydrogens (tertiary/aromatic N) is 4. The van der Waals surface area contributed by atoms with Gasteiger partial charge in [-0.25, -0.2) is 0 Å². The van der Waals surface area contributed by atoms with Gasteiger partial charge < -0.3 is 18.3 Å². The van der Waals surface area contributed by atoms with E-state index in [4.69, 9.17) is 0 Å². The molecule has 12 aromatic rings. The summed E-state index contributed by atoms with van der Waals surface area (Å²) in [4.78, 5) is 0. The first-order valence-corrected chi connectivity index (χ1v) is 18.5. The third kappa shape index (κ3) is 3.97. The summed E-state index contributed by atoms with van der Waals surface area (Å²) in [5, 5.41) is 7.46. The van der Waals surface area contributed by atoms with Crippen LogP contribution in [0.5, 0.6) is 0 Å². The topological polar surface area (TPSA) is 19.7 Å². The highest BCUT2D eigenvalue weighted by molar-refractivity contribution is 6.21. The van der Waals surface area contributed by atoms with Crippen molar-refractivity contribution < 1.29 is 0 Å². The Morgan fingerprint density at radius 2 is 0.519 bits per heavy atom. The molecular formula is C50H32N4. The zero-order valence-electron chi connectivity index (χ0n) is 29.3. The highest BCUT2D eigenvalue weighted by Gasteiger charge is 2.24. The summed E-state index contributed by atoms with van der Waals surface area (Å²) in [5.41, 5.74) is 14.1. The van der Waals surface area contributed by atoms with Crippen LogP contribution < -0.4 is 0 Å². The highest BCUT2D eigenvalue weighted by atomic mass is 15.1. The molecule has 0 spiro atoms. The summed E-state index contributed by atoms with van der Waals surface area (Å²) in [6, 6.07) is 70.7. The first kappa shape index (κ1) is 29.3. The molecular weight excluding hydrogens is 657 g/mol. The minimum absolute atomic E-state index is 1.13. The molecule has 0 atom stereocenters. The van der Waals surface area contributed by atoms with Crippen LogP contribution in [-0.4, -0.2) is 18.3 Å². The molecule has 4 heterocycles. The maximum atomic E-state index is 2.48. The number of hydrogen-bond donors (Lipinski definition) is 0. The Labute approximate surface area is 310 Å². The van der Waals surface area contributed by atoms with Crippen molar-refractivity contribution in [2.45, 2.75) is 0 Å². The second-order valence-corrected chi connectivity index (χ2v) is 14.2. The number of para-hydroxylation sites is 6. The molecule has 0 aliphatic rings. The van der Waals surface area contributed by atoms with Crippen LogP contribution in [0.3, 0.4) is 0 Å². The third-order valence-corrected chi connectivity index (χ3v) is 11.3. The van der Waals surface area contributed by atoms with E-state index in [0.29, 0.717) is 0 Å². The molecule has 0 saturated carbocycles. The zero-order chi connectivity index (χ0) is 35.3. The SMILES string of the molecule is c1ccc(-n2c3cc(-n4c5ccccc5c5ccccc54)ccc3c3c2c2ccc(-n4c5ccccc5c5ccccc54)cc2n3-c2ccccc2)cc1. The first-order chi connectivity index (χ1) is 26.8. The summed E-state index contributed by atoms with van der Waals surface area (Å²) >= 11 is 0. The Balaban J connectivity index is 1.21. The van der Waals surface area contributed by atoms with Gasteiger partial charge in [0.15, 0.2) is 0 Å². The monoisotopic (exact) mass is 688 g/mol. The largest absolute Gasteiger partial charge is 0.309 e. The summed E-state index contributed by atoms with van der Waals surface area (Å²) in [5.74, 6) is 0. The van der Waals surface area contributed by atoms with E-state index < -0.39 is 0 Å². The molecule has 0 amide bonds. The predicted molar refractivity (Wildman–Crippen MR) is 226 cm³/mol. The van der Waals surface area contributed by atoms with Crippen LogP contribution >= 0.6 is 0 Å². The van der Waals surface area contributed by atoms with Crippen LogP contribution in [-0.2, 0) is 0 Å². The van der Waals surface area contributed by atoms with Crippen molar-refractivity contribution in [2.24, 2.45) is 0 Å². The minimum atomic E-state index is 1.13. The van der Waals surface area contributed by atoms with Gasteiger partial charge in [-0.2, -0.15) is 0 Å². The molecule has 8 aromatic carbocycles. The number of fused-ring (bicyclic) bond motifs is 11. The lowest BCUT2D eigenvalue weighted by atomic mass is 10.2. The molecule has 0 bridgehead atoms. The fourth-order valence-electron chi connectivity index (χ4n) is 9.13. The van der Waals surface area contributed by atoms with E-state index in [2.05, 4.69) is 212 Å². The van der Waals surface area contributed by atoms with Crippen LogP contribution in [0.25, 0.3) is 99.2 Å². The van der Waals surface area contributed by atoms with Crippen LogP contribution in [0.15, 0.2) is 194 Å². The van der Waals surface area contributed by atoms with Crippen molar-refractivity contribution in [1.82, 2.24) is 18.3 Å². The zero-order valence-corrected chi connectivity index (χ0v) is 29.3. The Morgan fingerprint density at radius 1 is 0.204 bits per heavy atom. The van der Waals surface area contributed by atoms with E-state index in [0.717, 1.165) is 22.7 Å². The number of aromatic nitrogens is 4. The van der Waals surface area contributed by atoms with Gasteiger partial charge in [0, 0.05) is 55.1 Å². The van der Waals surface area contributed by atoms with E-state index >= 15 is 0 Å². The molecule has 0 saturated heterocycles. The average Bonchev–Trinajstić information content (AvgIpc) is 3.96. The van der Waals surface area contributed by atoms with Gasteiger partial charge in [0.05, 0.1) is 44.1 Å². The minimum Gasteiger partial charge on any atom is -0.309 e. The maximum Gasteiger partial charge on any atom is 0.0803 e. The van der Waals surface area contributed by atoms with Gasteiger partial charge in [-0.05, 0) is 84.9 Å². The molecule has 4 heteroatoms. The molecule has 12 rings (SSSR count). The summed E-state index contributed by atoms with van der Waals surface area (Å²) in [7, 11) is 0. The second kappa shape index (κ2) is 11.1. The van der Waals surface area contributed by atoms with Gasteiger partial charge in [0.25, 0.3) is 0 Å². The second-order valence-electron chi connectivity index (χ2n) is 14.2. The lowest BCUT2D eigenvalue weighted by Gasteiger charge is -2.13. The lowest BCUT2D eigenvalue weighted by Crippen LogP contribution is -1.98. The molecule has 0 unspecified atom stereocenters. The van der Waals surface area contributed by atoms with E-state index in [1.165, 1.54) is 76.5 Å². The molecule has 0 N–H and O–H groups in total. The average molecular weight is 689 g/mol. The van der Waals surface area contributed by atoms with Crippen molar-refractivity contribution in [3.8, 4) is 22.7 Å². The van der Waals surface area contributed by atoms with E-state index in [1.807, 2.05) is 0 Å². The van der Waals surface area contributed by atoms with Gasteiger partial charge in [-0.15, -0.1) is 0 Å². The predicted octanol–water partition coefficient (Wildman–Crippen LogP) is 12.9. The van der Waals surface area contributed by atoms with Crippen molar-refractivity contribution in [3.63, 3.8) is 0 Å². The molecule has 252 valence electrons. The summed E-state index contributed by atoms with van der Waals surface area (Å²) in [6.07, 6.45) is 0. The Morgan fingerprint density at radius 3 is 0.870 bits per heavy atom. The summed E-state index contributed by atoms with van der Waals surface area (Å²) < 4.78 is 9.78. The van der Waals surface area contributed by atoms with Crippen LogP contribution in [0, 0.1) is 0 Å². The van der Waals surface area contributed by atoms with Gasteiger partial charge in [-0.3, -0.25) is 0 Å². The number of hydrogen-bond acceptors (Lipinski definition) is 0. The van der Waals surface area contributed by atoms with Gasteiger partial charge in [0.2, 0.25) is 0 Å². The van der Waals surface area contributed by atoms with Gasteiger partial charge in [0.1, 0.15) is 0 Å². The van der Waals surface area contributed by atoms with Crippen LogP contribution in [0.1, 0.15) is 0 Å². The molecule has 54 heavy (non-hydrogen) atoms. The fourth-order valence-corrected chi connectivity index (χ4v) is 9.13. The summed E-state index contributed by atoms with van der Waals surface area (Å²) in [6.45, 7) is 0. The molecule has 0 aliphatic heterocycles. The van der Waals surface area contributed by atoms with Crippen molar-refractivity contribution in [2.75, 3.05) is 0 Å². The maximum absolute atomic E-state index is 2.48. The lowest BCUT2D eigenvalue weighted by molar-refractivity contribution is 1.16. The standard InChI is InChI=1S/C50H32N4/c1-3-15-33(16-4-1)53-47-31-35(51-43-23-11-7-19-37(43)38-20-8-12-24-44(38)51)27-29-41(47)50-49(53)42-30-28-36(32-48(42)54(50)34-17-5-2-6-18-34)52-45-25-13-9-21-39(45)40-22-10-14-26-46(40)52/h1-32H. The van der Waals surface area contributed by atoms with Gasteiger partial charge in [-0.1, -0.05) is 109 Å². The Bertz CT molecular complexity index is 3090. The molecule has 0 aliphatic carbocycles. The van der Waals surface area contributed by atoms with E-state index in [1.54, 1.807) is 0 Å². The van der Waals surface area contributed by atoms with Gasteiger partial charge >= 0.3 is 0 Å². The van der Waals surface area contributed by atoms with E-state index in [9.17, 15) is 0 Å². The Kier molecular flexibility index (Phi) is 6.02. The molecule has 0 fully saturated rings. The quantitative estimate of drug-likeness (QED) is 0.175. The normalized spacial score (nSPS) is 12.1. The van der Waals surface area contributed by atoms with Crippen molar-refractivity contribution in [3.05, 3.63) is 194 Å². The molecule has 4 aromatic heterocycles. The molecule has 4 nitrogen and oxygen atoms in total. The van der Waals surface area contributed by atoms with Crippen molar-refractivity contribution >= 4 is 76.5 Å². The third-order valence-electron chi connectivity index (χ3n) is 11.3.